The van der Waals surface area contributed by atoms with Crippen molar-refractivity contribution in [2.24, 2.45) is 0 Å². The second-order valence-corrected chi connectivity index (χ2v) is 6.25. The highest BCUT2D eigenvalue weighted by Gasteiger charge is 2.42. The molecule has 1 aliphatic rings. The van der Waals surface area contributed by atoms with Crippen molar-refractivity contribution in [3.63, 3.8) is 0 Å². The number of ether oxygens (including phenoxy) is 1. The Morgan fingerprint density at radius 2 is 2.00 bits per heavy atom. The van der Waals surface area contributed by atoms with E-state index in [0.717, 1.165) is 19.3 Å². The number of aliphatic hydroxyl groups excluding tert-OH is 1. The zero-order chi connectivity index (χ0) is 14.8. The van der Waals surface area contributed by atoms with Gasteiger partial charge in [-0.15, -0.1) is 0 Å². The van der Waals surface area contributed by atoms with Crippen molar-refractivity contribution in [2.45, 2.75) is 44.2 Å². The van der Waals surface area contributed by atoms with Gasteiger partial charge in [-0.1, -0.05) is 11.6 Å². The summed E-state index contributed by atoms with van der Waals surface area (Å²) in [5.74, 6) is 0.363. The molecule has 0 unspecified atom stereocenters. The van der Waals surface area contributed by atoms with Crippen molar-refractivity contribution in [3.05, 3.63) is 29.3 Å². The van der Waals surface area contributed by atoms with E-state index in [1.54, 1.807) is 38.1 Å². The molecule has 20 heavy (non-hydrogen) atoms. The predicted octanol–water partition coefficient (Wildman–Crippen LogP) is 2.53. The fourth-order valence-electron chi connectivity index (χ4n) is 2.16. The summed E-state index contributed by atoms with van der Waals surface area (Å²) in [6.45, 7) is 3.39. The van der Waals surface area contributed by atoms with Crippen LogP contribution in [0.3, 0.4) is 0 Å². The predicted molar refractivity (Wildman–Crippen MR) is 78.0 cm³/mol. The lowest BCUT2D eigenvalue weighted by molar-refractivity contribution is -0.138. The third-order valence-electron chi connectivity index (χ3n) is 3.73. The van der Waals surface area contributed by atoms with E-state index in [1.807, 2.05) is 0 Å². The van der Waals surface area contributed by atoms with Crippen LogP contribution in [-0.4, -0.2) is 28.8 Å². The molecule has 0 atom stereocenters. The summed E-state index contributed by atoms with van der Waals surface area (Å²) in [7, 11) is 0. The summed E-state index contributed by atoms with van der Waals surface area (Å²) in [6, 6.07) is 6.88. The van der Waals surface area contributed by atoms with Crippen molar-refractivity contribution >= 4 is 17.5 Å². The number of amides is 1. The summed E-state index contributed by atoms with van der Waals surface area (Å²) < 4.78 is 5.73. The van der Waals surface area contributed by atoms with E-state index < -0.39 is 11.1 Å². The molecule has 1 amide bonds. The fourth-order valence-corrected chi connectivity index (χ4v) is 2.29. The van der Waals surface area contributed by atoms with Crippen LogP contribution in [0.1, 0.15) is 33.1 Å². The van der Waals surface area contributed by atoms with Crippen molar-refractivity contribution in [2.75, 3.05) is 6.61 Å². The summed E-state index contributed by atoms with van der Waals surface area (Å²) in [4.78, 5) is 12.3. The smallest absolute Gasteiger partial charge is 0.264 e. The molecule has 1 aromatic carbocycles. The molecule has 0 bridgehead atoms. The Bertz CT molecular complexity index is 475. The number of aliphatic hydroxyl groups is 1. The number of rotatable bonds is 5. The number of benzene rings is 1. The van der Waals surface area contributed by atoms with Crippen molar-refractivity contribution in [1.82, 2.24) is 5.32 Å². The molecule has 1 aromatic rings. The maximum atomic E-state index is 12.3. The molecule has 0 saturated heterocycles. The Hall–Kier alpha value is -1.26. The molecular weight excluding hydrogens is 278 g/mol. The van der Waals surface area contributed by atoms with Crippen LogP contribution in [-0.2, 0) is 4.79 Å². The molecule has 0 radical (unpaired) electrons. The molecule has 1 saturated carbocycles. The van der Waals surface area contributed by atoms with E-state index >= 15 is 0 Å². The van der Waals surface area contributed by atoms with Crippen molar-refractivity contribution in [3.8, 4) is 5.75 Å². The van der Waals surface area contributed by atoms with Crippen LogP contribution in [0.15, 0.2) is 24.3 Å². The standard InChI is InChI=1S/C15H20ClNO3/c1-14(2,20-12-6-4-11(16)5-7-12)13(19)17-15(10-18)8-3-9-15/h4-7,18H,3,8-10H2,1-2H3,(H,17,19). The number of halogens is 1. The first kappa shape index (κ1) is 15.1. The maximum absolute atomic E-state index is 12.3. The Morgan fingerprint density at radius 3 is 2.45 bits per heavy atom. The van der Waals surface area contributed by atoms with Gasteiger partial charge in [-0.3, -0.25) is 4.79 Å². The van der Waals surface area contributed by atoms with E-state index in [0.29, 0.717) is 10.8 Å². The first-order valence-electron chi connectivity index (χ1n) is 6.75. The van der Waals surface area contributed by atoms with E-state index in [4.69, 9.17) is 16.3 Å². The molecule has 4 nitrogen and oxygen atoms in total. The molecular formula is C15H20ClNO3. The largest absolute Gasteiger partial charge is 0.478 e. The molecule has 110 valence electrons. The third-order valence-corrected chi connectivity index (χ3v) is 3.98. The highest BCUT2D eigenvalue weighted by molar-refractivity contribution is 6.30. The highest BCUT2D eigenvalue weighted by atomic mass is 35.5. The van der Waals surface area contributed by atoms with E-state index in [-0.39, 0.29) is 12.5 Å². The Morgan fingerprint density at radius 1 is 1.40 bits per heavy atom. The van der Waals surface area contributed by atoms with E-state index in [1.165, 1.54) is 0 Å². The van der Waals surface area contributed by atoms with Crippen LogP contribution in [0.25, 0.3) is 0 Å². The first-order valence-corrected chi connectivity index (χ1v) is 7.13. The van der Waals surface area contributed by atoms with Crippen molar-refractivity contribution in [1.29, 1.82) is 0 Å². The van der Waals surface area contributed by atoms with Gasteiger partial charge in [0.2, 0.25) is 0 Å². The molecule has 2 rings (SSSR count). The normalized spacial score (nSPS) is 17.2. The molecule has 2 N–H and O–H groups in total. The minimum atomic E-state index is -1.01. The zero-order valence-corrected chi connectivity index (χ0v) is 12.5. The van der Waals surface area contributed by atoms with Crippen LogP contribution in [0.5, 0.6) is 5.75 Å². The van der Waals surface area contributed by atoms with Gasteiger partial charge in [0.25, 0.3) is 5.91 Å². The topological polar surface area (TPSA) is 58.6 Å². The SMILES string of the molecule is CC(C)(Oc1ccc(Cl)cc1)C(=O)NC1(CO)CCC1. The molecule has 1 fully saturated rings. The maximum Gasteiger partial charge on any atom is 0.264 e. The van der Waals surface area contributed by atoms with Gasteiger partial charge in [0.05, 0.1) is 12.1 Å². The Labute approximate surface area is 124 Å². The second kappa shape index (κ2) is 5.62. The average Bonchev–Trinajstić information content (AvgIpc) is 2.36. The van der Waals surface area contributed by atoms with E-state index in [2.05, 4.69) is 5.32 Å². The summed E-state index contributed by atoms with van der Waals surface area (Å²) in [6.07, 6.45) is 2.65. The molecule has 1 aliphatic carbocycles. The van der Waals surface area contributed by atoms with Crippen LogP contribution in [0, 0.1) is 0 Å². The number of nitrogens with one attached hydrogen (secondary N) is 1. The minimum absolute atomic E-state index is 0.0320. The van der Waals surface area contributed by atoms with Crippen LogP contribution < -0.4 is 10.1 Å². The Balaban J connectivity index is 2.01. The molecule has 0 spiro atoms. The zero-order valence-electron chi connectivity index (χ0n) is 11.8. The molecule has 5 heteroatoms. The second-order valence-electron chi connectivity index (χ2n) is 5.81. The fraction of sp³-hybridized carbons (Fsp3) is 0.533. The lowest BCUT2D eigenvalue weighted by atomic mass is 9.77. The van der Waals surface area contributed by atoms with Crippen molar-refractivity contribution < 1.29 is 14.6 Å². The molecule has 0 aliphatic heterocycles. The third kappa shape index (κ3) is 3.25. The van der Waals surface area contributed by atoms with Crippen LogP contribution in [0.2, 0.25) is 5.02 Å². The lowest BCUT2D eigenvalue weighted by Crippen LogP contribution is -2.61. The monoisotopic (exact) mass is 297 g/mol. The summed E-state index contributed by atoms with van der Waals surface area (Å²) in [5.41, 5.74) is -1.47. The number of carbonyl (C=O) groups is 1. The van der Waals surface area contributed by atoms with Gasteiger partial charge < -0.3 is 15.2 Å². The van der Waals surface area contributed by atoms with Crippen LogP contribution in [0.4, 0.5) is 0 Å². The quantitative estimate of drug-likeness (QED) is 0.878. The Kier molecular flexibility index (Phi) is 4.25. The summed E-state index contributed by atoms with van der Waals surface area (Å²) in [5, 5.41) is 12.9. The first-order chi connectivity index (χ1) is 9.37. The molecule has 0 heterocycles. The van der Waals surface area contributed by atoms with Gasteiger partial charge in [-0.05, 0) is 57.4 Å². The van der Waals surface area contributed by atoms with Gasteiger partial charge in [0.15, 0.2) is 5.60 Å². The number of carbonyl (C=O) groups excluding carboxylic acids is 1. The van der Waals surface area contributed by atoms with Gasteiger partial charge in [-0.25, -0.2) is 0 Å². The van der Waals surface area contributed by atoms with Gasteiger partial charge >= 0.3 is 0 Å². The lowest BCUT2D eigenvalue weighted by Gasteiger charge is -2.42. The van der Waals surface area contributed by atoms with Gasteiger partial charge in [0.1, 0.15) is 5.75 Å². The van der Waals surface area contributed by atoms with E-state index in [9.17, 15) is 9.90 Å². The number of hydrogen-bond donors (Lipinski definition) is 2. The highest BCUT2D eigenvalue weighted by Crippen LogP contribution is 2.32. The average molecular weight is 298 g/mol. The minimum Gasteiger partial charge on any atom is -0.478 e. The van der Waals surface area contributed by atoms with Crippen LogP contribution >= 0.6 is 11.6 Å². The van der Waals surface area contributed by atoms with Gasteiger partial charge in [-0.2, -0.15) is 0 Å². The van der Waals surface area contributed by atoms with Gasteiger partial charge in [0, 0.05) is 5.02 Å². The number of hydrogen-bond acceptors (Lipinski definition) is 3. The summed E-state index contributed by atoms with van der Waals surface area (Å²) >= 11 is 5.82. The molecule has 0 aromatic heterocycles.